The number of para-hydroxylation sites is 1. The van der Waals surface area contributed by atoms with Gasteiger partial charge in [0.2, 0.25) is 5.91 Å². The molecule has 162 valence electrons. The van der Waals surface area contributed by atoms with Gasteiger partial charge in [0, 0.05) is 18.0 Å². The number of amides is 2. The molecule has 0 radical (unpaired) electrons. The lowest BCUT2D eigenvalue weighted by atomic mass is 10.1. The number of nitrogens with zero attached hydrogens (tertiary/aromatic N) is 2. The lowest BCUT2D eigenvalue weighted by Crippen LogP contribution is -2.31. The Balaban J connectivity index is 1.39. The number of aromatic nitrogens is 1. The van der Waals surface area contributed by atoms with Crippen molar-refractivity contribution in [2.24, 2.45) is 0 Å². The number of hydrogen-bond acceptors (Lipinski definition) is 6. The largest absolute Gasteiger partial charge is 0.467 e. The second-order valence-corrected chi connectivity index (χ2v) is 8.97. The molecule has 2 aromatic carbocycles. The number of benzene rings is 2. The van der Waals surface area contributed by atoms with Crippen LogP contribution in [0.5, 0.6) is 0 Å². The SMILES string of the molecule is CN(C(=O)CSc1nc(-c2ccccc2)cs1)c1ccccc1C(=O)NCc1ccco1. The molecule has 0 bridgehead atoms. The number of thiazole rings is 1. The number of nitrogens with one attached hydrogen (secondary N) is 1. The number of thioether (sulfide) groups is 1. The highest BCUT2D eigenvalue weighted by Crippen LogP contribution is 2.29. The number of hydrogen-bond donors (Lipinski definition) is 1. The highest BCUT2D eigenvalue weighted by Gasteiger charge is 2.19. The van der Waals surface area contributed by atoms with Crippen LogP contribution in [0, 0.1) is 0 Å². The molecular weight excluding hydrogens is 442 g/mol. The first kappa shape index (κ1) is 21.9. The molecule has 0 atom stereocenters. The van der Waals surface area contributed by atoms with Crippen molar-refractivity contribution in [2.45, 2.75) is 10.9 Å². The summed E-state index contributed by atoms with van der Waals surface area (Å²) >= 11 is 2.91. The third-order valence-corrected chi connectivity index (χ3v) is 6.76. The molecule has 8 heteroatoms. The first-order chi connectivity index (χ1) is 15.6. The van der Waals surface area contributed by atoms with E-state index < -0.39 is 0 Å². The zero-order valence-electron chi connectivity index (χ0n) is 17.4. The molecule has 0 unspecified atom stereocenters. The summed E-state index contributed by atoms with van der Waals surface area (Å²) in [7, 11) is 1.68. The van der Waals surface area contributed by atoms with Crippen LogP contribution in [0.3, 0.4) is 0 Å². The van der Waals surface area contributed by atoms with Crippen molar-refractivity contribution in [1.29, 1.82) is 0 Å². The van der Waals surface area contributed by atoms with E-state index in [1.54, 1.807) is 43.6 Å². The summed E-state index contributed by atoms with van der Waals surface area (Å²) in [5.41, 5.74) is 2.94. The fraction of sp³-hybridized carbons (Fsp3) is 0.125. The Morgan fingerprint density at radius 1 is 1.06 bits per heavy atom. The standard InChI is InChI=1S/C24H21N3O3S2/c1-27(21-12-6-5-11-19(21)23(29)25-14-18-10-7-13-30-18)22(28)16-32-24-26-20(15-31-24)17-8-3-2-4-9-17/h2-13,15H,14,16H2,1H3,(H,25,29). The fourth-order valence-electron chi connectivity index (χ4n) is 3.05. The topological polar surface area (TPSA) is 75.4 Å². The van der Waals surface area contributed by atoms with Crippen LogP contribution >= 0.6 is 23.1 Å². The molecular formula is C24H21N3O3S2. The number of anilines is 1. The summed E-state index contributed by atoms with van der Waals surface area (Å²) < 4.78 is 6.08. The molecule has 2 aromatic heterocycles. The zero-order valence-corrected chi connectivity index (χ0v) is 19.0. The van der Waals surface area contributed by atoms with E-state index in [4.69, 9.17) is 4.42 Å². The minimum absolute atomic E-state index is 0.113. The maximum atomic E-state index is 12.8. The number of carbonyl (C=O) groups excluding carboxylic acids is 2. The van der Waals surface area contributed by atoms with Crippen molar-refractivity contribution < 1.29 is 14.0 Å². The van der Waals surface area contributed by atoms with Crippen molar-refractivity contribution >= 4 is 40.6 Å². The Bertz CT molecular complexity index is 1190. The Labute approximate surface area is 194 Å². The fourth-order valence-corrected chi connectivity index (χ4v) is 4.80. The number of carbonyl (C=O) groups is 2. The molecule has 0 saturated carbocycles. The van der Waals surface area contributed by atoms with E-state index in [0.29, 0.717) is 17.0 Å². The van der Waals surface area contributed by atoms with Gasteiger partial charge < -0.3 is 14.6 Å². The highest BCUT2D eigenvalue weighted by molar-refractivity contribution is 8.01. The Hall–Kier alpha value is -3.36. The zero-order chi connectivity index (χ0) is 22.3. The van der Waals surface area contributed by atoms with E-state index in [1.807, 2.05) is 41.8 Å². The Morgan fingerprint density at radius 2 is 1.84 bits per heavy atom. The smallest absolute Gasteiger partial charge is 0.253 e. The second-order valence-electron chi connectivity index (χ2n) is 6.89. The van der Waals surface area contributed by atoms with Gasteiger partial charge in [-0.2, -0.15) is 0 Å². The lowest BCUT2D eigenvalue weighted by Gasteiger charge is -2.20. The van der Waals surface area contributed by atoms with E-state index in [1.165, 1.54) is 28.0 Å². The quantitative estimate of drug-likeness (QED) is 0.369. The van der Waals surface area contributed by atoms with Crippen LogP contribution in [0.15, 0.2) is 87.1 Å². The maximum absolute atomic E-state index is 12.8. The predicted molar refractivity (Wildman–Crippen MR) is 128 cm³/mol. The van der Waals surface area contributed by atoms with Gasteiger partial charge in [0.05, 0.1) is 35.5 Å². The molecule has 1 N–H and O–H groups in total. The monoisotopic (exact) mass is 463 g/mol. The summed E-state index contributed by atoms with van der Waals surface area (Å²) in [6.45, 7) is 0.279. The van der Waals surface area contributed by atoms with Gasteiger partial charge in [-0.3, -0.25) is 9.59 Å². The molecule has 2 heterocycles. The van der Waals surface area contributed by atoms with Crippen molar-refractivity contribution in [2.75, 3.05) is 17.7 Å². The van der Waals surface area contributed by atoms with Crippen LogP contribution in [-0.4, -0.2) is 29.6 Å². The normalized spacial score (nSPS) is 10.7. The van der Waals surface area contributed by atoms with Gasteiger partial charge in [0.1, 0.15) is 5.76 Å². The van der Waals surface area contributed by atoms with Crippen molar-refractivity contribution in [3.8, 4) is 11.3 Å². The minimum atomic E-state index is -0.267. The summed E-state index contributed by atoms with van der Waals surface area (Å²) in [5, 5.41) is 4.82. The van der Waals surface area contributed by atoms with Crippen LogP contribution in [-0.2, 0) is 11.3 Å². The predicted octanol–water partition coefficient (Wildman–Crippen LogP) is 5.09. The first-order valence-electron chi connectivity index (χ1n) is 9.92. The van der Waals surface area contributed by atoms with Crippen molar-refractivity contribution in [3.05, 3.63) is 89.7 Å². The molecule has 0 spiro atoms. The van der Waals surface area contributed by atoms with Crippen LogP contribution in [0.1, 0.15) is 16.1 Å². The maximum Gasteiger partial charge on any atom is 0.253 e. The Kier molecular flexibility index (Phi) is 7.03. The molecule has 0 aliphatic carbocycles. The molecule has 0 aliphatic heterocycles. The van der Waals surface area contributed by atoms with E-state index in [-0.39, 0.29) is 24.1 Å². The van der Waals surface area contributed by atoms with Gasteiger partial charge in [0.25, 0.3) is 5.91 Å². The minimum Gasteiger partial charge on any atom is -0.467 e. The van der Waals surface area contributed by atoms with Gasteiger partial charge in [0.15, 0.2) is 4.34 Å². The average Bonchev–Trinajstić information content (AvgIpc) is 3.53. The first-order valence-corrected chi connectivity index (χ1v) is 11.8. The summed E-state index contributed by atoms with van der Waals surface area (Å²) in [4.78, 5) is 31.7. The van der Waals surface area contributed by atoms with E-state index >= 15 is 0 Å². The number of furan rings is 1. The highest BCUT2D eigenvalue weighted by atomic mass is 32.2. The van der Waals surface area contributed by atoms with Crippen LogP contribution < -0.4 is 10.2 Å². The van der Waals surface area contributed by atoms with E-state index in [9.17, 15) is 9.59 Å². The molecule has 2 amide bonds. The van der Waals surface area contributed by atoms with E-state index in [2.05, 4.69) is 10.3 Å². The second kappa shape index (κ2) is 10.3. The molecule has 0 aliphatic rings. The molecule has 0 fully saturated rings. The third-order valence-electron chi connectivity index (χ3n) is 4.76. The van der Waals surface area contributed by atoms with E-state index in [0.717, 1.165) is 15.6 Å². The third kappa shape index (κ3) is 5.27. The van der Waals surface area contributed by atoms with Crippen LogP contribution in [0.4, 0.5) is 5.69 Å². The molecule has 4 aromatic rings. The molecule has 4 rings (SSSR count). The molecule has 0 saturated heterocycles. The molecule has 6 nitrogen and oxygen atoms in total. The Morgan fingerprint density at radius 3 is 2.62 bits per heavy atom. The summed E-state index contributed by atoms with van der Waals surface area (Å²) in [6.07, 6.45) is 1.56. The lowest BCUT2D eigenvalue weighted by molar-refractivity contribution is -0.115. The summed E-state index contributed by atoms with van der Waals surface area (Å²) in [5.74, 6) is 0.505. The van der Waals surface area contributed by atoms with Gasteiger partial charge in [-0.15, -0.1) is 11.3 Å². The van der Waals surface area contributed by atoms with Crippen molar-refractivity contribution in [1.82, 2.24) is 10.3 Å². The van der Waals surface area contributed by atoms with Crippen molar-refractivity contribution in [3.63, 3.8) is 0 Å². The average molecular weight is 464 g/mol. The van der Waals surface area contributed by atoms with Crippen LogP contribution in [0.25, 0.3) is 11.3 Å². The van der Waals surface area contributed by atoms with Gasteiger partial charge in [-0.1, -0.05) is 54.2 Å². The number of rotatable bonds is 8. The van der Waals surface area contributed by atoms with Gasteiger partial charge in [-0.25, -0.2) is 4.98 Å². The van der Waals surface area contributed by atoms with Gasteiger partial charge >= 0.3 is 0 Å². The molecule has 32 heavy (non-hydrogen) atoms. The summed E-state index contributed by atoms with van der Waals surface area (Å²) in [6, 6.07) is 20.6. The van der Waals surface area contributed by atoms with Gasteiger partial charge in [-0.05, 0) is 24.3 Å². The van der Waals surface area contributed by atoms with Crippen LogP contribution in [0.2, 0.25) is 0 Å².